The van der Waals surface area contributed by atoms with Gasteiger partial charge in [0.25, 0.3) is 5.69 Å². The molecule has 6 heteroatoms. The number of nitrogens with two attached hydrogens (primary N) is 1. The van der Waals surface area contributed by atoms with E-state index in [2.05, 4.69) is 4.98 Å². The molecule has 2 N–H and O–H groups in total. The Labute approximate surface area is 121 Å². The fourth-order valence-electron chi connectivity index (χ4n) is 2.37. The molecule has 0 unspecified atom stereocenters. The number of nitrogens with zero attached hydrogens (tertiary/aromatic N) is 3. The molecule has 6 nitrogen and oxygen atoms in total. The Hall–Kier alpha value is -2.73. The first-order valence-electron chi connectivity index (χ1n) is 6.52. The number of rotatable bonds is 3. The van der Waals surface area contributed by atoms with Crippen molar-refractivity contribution in [2.75, 3.05) is 0 Å². The van der Waals surface area contributed by atoms with Gasteiger partial charge in [0.2, 0.25) is 0 Å². The van der Waals surface area contributed by atoms with Gasteiger partial charge in [0.15, 0.2) is 0 Å². The van der Waals surface area contributed by atoms with Crippen LogP contribution in [0, 0.1) is 17.0 Å². The number of nitro groups is 1. The molecule has 0 aliphatic rings. The van der Waals surface area contributed by atoms with E-state index in [0.717, 1.165) is 28.2 Å². The third-order valence-electron chi connectivity index (χ3n) is 3.41. The van der Waals surface area contributed by atoms with Crippen LogP contribution in [0.25, 0.3) is 16.9 Å². The van der Waals surface area contributed by atoms with Crippen molar-refractivity contribution in [2.24, 2.45) is 5.73 Å². The molecule has 1 aromatic carbocycles. The van der Waals surface area contributed by atoms with E-state index in [4.69, 9.17) is 5.73 Å². The summed E-state index contributed by atoms with van der Waals surface area (Å²) in [5.74, 6) is 0. The normalized spacial score (nSPS) is 11.0. The molecular weight excluding hydrogens is 268 g/mol. The molecule has 0 aliphatic carbocycles. The first-order valence-corrected chi connectivity index (χ1v) is 6.52. The van der Waals surface area contributed by atoms with Crippen LogP contribution in [0.4, 0.5) is 5.69 Å². The molecule has 0 fully saturated rings. The lowest BCUT2D eigenvalue weighted by Crippen LogP contribution is -2.02. The minimum Gasteiger partial charge on any atom is -0.325 e. The molecule has 0 saturated heterocycles. The molecule has 3 aromatic rings. The van der Waals surface area contributed by atoms with Gasteiger partial charge in [-0.05, 0) is 30.7 Å². The van der Waals surface area contributed by atoms with Crippen molar-refractivity contribution in [1.82, 2.24) is 9.38 Å². The van der Waals surface area contributed by atoms with Gasteiger partial charge < -0.3 is 10.1 Å². The zero-order valence-electron chi connectivity index (χ0n) is 11.5. The van der Waals surface area contributed by atoms with E-state index in [1.54, 1.807) is 12.1 Å². The molecule has 0 amide bonds. The summed E-state index contributed by atoms with van der Waals surface area (Å²) in [6, 6.07) is 10.3. The van der Waals surface area contributed by atoms with E-state index in [0.29, 0.717) is 6.54 Å². The van der Waals surface area contributed by atoms with Gasteiger partial charge in [-0.3, -0.25) is 10.1 Å². The zero-order chi connectivity index (χ0) is 15.0. The predicted molar refractivity (Wildman–Crippen MR) is 79.9 cm³/mol. The highest BCUT2D eigenvalue weighted by Gasteiger charge is 2.14. The van der Waals surface area contributed by atoms with Crippen LogP contribution in [0.5, 0.6) is 0 Å². The fraction of sp³-hybridized carbons (Fsp3) is 0.133. The van der Waals surface area contributed by atoms with Gasteiger partial charge in [0.1, 0.15) is 5.65 Å². The number of non-ortho nitro benzene ring substituents is 1. The molecule has 106 valence electrons. The van der Waals surface area contributed by atoms with E-state index in [1.165, 1.54) is 12.1 Å². The maximum Gasteiger partial charge on any atom is 0.269 e. The predicted octanol–water partition coefficient (Wildman–Crippen LogP) is 2.68. The van der Waals surface area contributed by atoms with E-state index >= 15 is 0 Å². The summed E-state index contributed by atoms with van der Waals surface area (Å²) in [6.45, 7) is 2.35. The second-order valence-electron chi connectivity index (χ2n) is 4.85. The standard InChI is InChI=1S/C15H14N4O2/c1-10-2-7-14-17-15(13(8-16)18(14)9-10)11-3-5-12(6-4-11)19(20)21/h2-7,9H,8,16H2,1H3. The van der Waals surface area contributed by atoms with Crippen LogP contribution in [-0.2, 0) is 6.54 Å². The summed E-state index contributed by atoms with van der Waals surface area (Å²) >= 11 is 0. The molecule has 0 saturated carbocycles. The summed E-state index contributed by atoms with van der Waals surface area (Å²) in [4.78, 5) is 14.9. The maximum absolute atomic E-state index is 10.7. The average molecular weight is 282 g/mol. The fourth-order valence-corrected chi connectivity index (χ4v) is 2.37. The van der Waals surface area contributed by atoms with Gasteiger partial charge >= 0.3 is 0 Å². The monoisotopic (exact) mass is 282 g/mol. The summed E-state index contributed by atoms with van der Waals surface area (Å²) in [6.07, 6.45) is 1.99. The second-order valence-corrected chi connectivity index (χ2v) is 4.85. The number of benzene rings is 1. The molecule has 2 aromatic heterocycles. The molecule has 0 radical (unpaired) electrons. The first-order chi connectivity index (χ1) is 10.1. The Morgan fingerprint density at radius 3 is 2.57 bits per heavy atom. The number of pyridine rings is 1. The highest BCUT2D eigenvalue weighted by molar-refractivity contribution is 5.67. The number of nitro benzene ring substituents is 1. The van der Waals surface area contributed by atoms with Crippen LogP contribution in [0.3, 0.4) is 0 Å². The van der Waals surface area contributed by atoms with Crippen LogP contribution in [0.1, 0.15) is 11.3 Å². The van der Waals surface area contributed by atoms with E-state index in [9.17, 15) is 10.1 Å². The van der Waals surface area contributed by atoms with E-state index in [1.807, 2.05) is 29.7 Å². The van der Waals surface area contributed by atoms with Crippen LogP contribution in [-0.4, -0.2) is 14.3 Å². The Morgan fingerprint density at radius 2 is 1.95 bits per heavy atom. The van der Waals surface area contributed by atoms with E-state index in [-0.39, 0.29) is 5.69 Å². The summed E-state index contributed by atoms with van der Waals surface area (Å²) in [7, 11) is 0. The van der Waals surface area contributed by atoms with Crippen molar-refractivity contribution in [2.45, 2.75) is 13.5 Å². The summed E-state index contributed by atoms with van der Waals surface area (Å²) in [5, 5.41) is 10.7. The Morgan fingerprint density at radius 1 is 1.24 bits per heavy atom. The molecule has 0 atom stereocenters. The van der Waals surface area contributed by atoms with Crippen LogP contribution < -0.4 is 5.73 Å². The smallest absolute Gasteiger partial charge is 0.269 e. The van der Waals surface area contributed by atoms with E-state index < -0.39 is 4.92 Å². The average Bonchev–Trinajstić information content (AvgIpc) is 2.85. The quantitative estimate of drug-likeness (QED) is 0.591. The van der Waals surface area contributed by atoms with Gasteiger partial charge in [-0.2, -0.15) is 0 Å². The molecule has 0 spiro atoms. The number of aryl methyl sites for hydroxylation is 1. The molecule has 3 rings (SSSR count). The third kappa shape index (κ3) is 2.25. The molecular formula is C15H14N4O2. The summed E-state index contributed by atoms with van der Waals surface area (Å²) < 4.78 is 1.96. The number of fused-ring (bicyclic) bond motifs is 1. The molecule has 21 heavy (non-hydrogen) atoms. The van der Waals surface area contributed by atoms with Crippen LogP contribution in [0.2, 0.25) is 0 Å². The Balaban J connectivity index is 2.17. The SMILES string of the molecule is Cc1ccc2nc(-c3ccc([N+](=O)[O-])cc3)c(CN)n2c1. The lowest BCUT2D eigenvalue weighted by atomic mass is 10.1. The molecule has 0 aliphatic heterocycles. The lowest BCUT2D eigenvalue weighted by molar-refractivity contribution is -0.384. The zero-order valence-corrected chi connectivity index (χ0v) is 11.5. The Kier molecular flexibility index (Phi) is 3.15. The van der Waals surface area contributed by atoms with Crippen molar-refractivity contribution in [3.8, 4) is 11.3 Å². The minimum atomic E-state index is -0.416. The van der Waals surface area contributed by atoms with Gasteiger partial charge in [-0.1, -0.05) is 6.07 Å². The Bertz CT molecular complexity index is 822. The molecule has 0 bridgehead atoms. The number of aromatic nitrogens is 2. The topological polar surface area (TPSA) is 86.5 Å². The largest absolute Gasteiger partial charge is 0.325 e. The van der Waals surface area contributed by atoms with Crippen molar-refractivity contribution >= 4 is 11.3 Å². The highest BCUT2D eigenvalue weighted by Crippen LogP contribution is 2.26. The number of imidazole rings is 1. The first kappa shape index (κ1) is 13.3. The highest BCUT2D eigenvalue weighted by atomic mass is 16.6. The van der Waals surface area contributed by atoms with Crippen molar-refractivity contribution in [3.05, 3.63) is 64.0 Å². The van der Waals surface area contributed by atoms with Crippen LogP contribution >= 0.6 is 0 Å². The van der Waals surface area contributed by atoms with Gasteiger partial charge in [-0.25, -0.2) is 4.98 Å². The molecule has 2 heterocycles. The third-order valence-corrected chi connectivity index (χ3v) is 3.41. The van der Waals surface area contributed by atoms with Crippen LogP contribution in [0.15, 0.2) is 42.6 Å². The van der Waals surface area contributed by atoms with Gasteiger partial charge in [0.05, 0.1) is 16.3 Å². The van der Waals surface area contributed by atoms with Crippen molar-refractivity contribution in [1.29, 1.82) is 0 Å². The lowest BCUT2D eigenvalue weighted by Gasteiger charge is -2.03. The second kappa shape index (κ2) is 4.99. The number of hydrogen-bond donors (Lipinski definition) is 1. The van der Waals surface area contributed by atoms with Crippen molar-refractivity contribution < 1.29 is 4.92 Å². The van der Waals surface area contributed by atoms with Gasteiger partial charge in [0, 0.05) is 30.4 Å². The van der Waals surface area contributed by atoms with Crippen molar-refractivity contribution in [3.63, 3.8) is 0 Å². The van der Waals surface area contributed by atoms with Gasteiger partial charge in [-0.15, -0.1) is 0 Å². The maximum atomic E-state index is 10.7. The summed E-state index contributed by atoms with van der Waals surface area (Å²) in [5.41, 5.74) is 10.3. The number of hydrogen-bond acceptors (Lipinski definition) is 4. The minimum absolute atomic E-state index is 0.0626.